The van der Waals surface area contributed by atoms with Gasteiger partial charge >= 0.3 is 5.91 Å². The lowest BCUT2D eigenvalue weighted by molar-refractivity contribution is -0.916. The highest BCUT2D eigenvalue weighted by atomic mass is 32.1. The van der Waals surface area contributed by atoms with Crippen LogP contribution >= 0.6 is 11.3 Å². The minimum absolute atomic E-state index is 0.182. The molecule has 118 valence electrons. The van der Waals surface area contributed by atoms with Crippen molar-refractivity contribution in [3.63, 3.8) is 0 Å². The number of carbonyl (C=O) groups excluding carboxylic acids is 2. The number of carbonyl (C=O) groups is 2. The van der Waals surface area contributed by atoms with Crippen LogP contribution in [0.25, 0.3) is 0 Å². The van der Waals surface area contributed by atoms with Crippen LogP contribution in [0.2, 0.25) is 0 Å². The number of fused-ring (bicyclic) bond motifs is 1. The number of nitrogens with one attached hydrogen (secondary N) is 1. The van der Waals surface area contributed by atoms with Crippen LogP contribution in [0.3, 0.4) is 0 Å². The standard InChI is InChI=1S/C17H15FN2O2S/c18-11-5-6-13-12(9-11)16(21)17(22)20(13)10-19-7-1-3-14(19)15-4-2-8-23-15/h2,4-6,8-9,14H,1,3,7,10H2/p+1/t14-/m1/s1. The zero-order valence-corrected chi connectivity index (χ0v) is 13.2. The van der Waals surface area contributed by atoms with Crippen LogP contribution in [0.1, 0.15) is 34.1 Å². The number of ketones is 1. The average molecular weight is 331 g/mol. The zero-order valence-electron chi connectivity index (χ0n) is 12.4. The molecule has 0 bridgehead atoms. The summed E-state index contributed by atoms with van der Waals surface area (Å²) in [7, 11) is 0. The lowest BCUT2D eigenvalue weighted by atomic mass is 10.1. The summed E-state index contributed by atoms with van der Waals surface area (Å²) in [5.41, 5.74) is 0.715. The number of halogens is 1. The number of likely N-dealkylation sites (tertiary alicyclic amines) is 1. The first-order valence-electron chi connectivity index (χ1n) is 7.69. The number of anilines is 1. The third-order valence-corrected chi connectivity index (χ3v) is 5.65. The first-order valence-corrected chi connectivity index (χ1v) is 8.57. The lowest BCUT2D eigenvalue weighted by Gasteiger charge is -2.25. The molecule has 4 nitrogen and oxygen atoms in total. The van der Waals surface area contributed by atoms with Gasteiger partial charge in [0.15, 0.2) is 6.67 Å². The molecule has 0 radical (unpaired) electrons. The van der Waals surface area contributed by atoms with Crippen molar-refractivity contribution in [2.24, 2.45) is 0 Å². The number of hydrogen-bond acceptors (Lipinski definition) is 3. The minimum atomic E-state index is -0.606. The van der Waals surface area contributed by atoms with Gasteiger partial charge in [0.05, 0.1) is 22.7 Å². The monoisotopic (exact) mass is 331 g/mol. The van der Waals surface area contributed by atoms with Crippen molar-refractivity contribution in [1.82, 2.24) is 0 Å². The Morgan fingerprint density at radius 1 is 1.30 bits per heavy atom. The molecule has 2 aliphatic rings. The number of amides is 1. The van der Waals surface area contributed by atoms with E-state index in [9.17, 15) is 14.0 Å². The van der Waals surface area contributed by atoms with E-state index in [0.717, 1.165) is 25.5 Å². The van der Waals surface area contributed by atoms with Crippen LogP contribution in [-0.4, -0.2) is 24.9 Å². The number of thiophene rings is 1. The van der Waals surface area contributed by atoms with Crippen molar-refractivity contribution < 1.29 is 18.9 Å². The summed E-state index contributed by atoms with van der Waals surface area (Å²) in [5, 5.41) is 2.06. The molecule has 2 atom stereocenters. The normalized spacial score (nSPS) is 23.6. The molecule has 1 saturated heterocycles. The Balaban J connectivity index is 1.62. The predicted molar refractivity (Wildman–Crippen MR) is 85.2 cm³/mol. The molecule has 1 fully saturated rings. The van der Waals surface area contributed by atoms with Gasteiger partial charge < -0.3 is 4.90 Å². The lowest BCUT2D eigenvalue weighted by Crippen LogP contribution is -3.12. The van der Waals surface area contributed by atoms with Gasteiger partial charge in [0.2, 0.25) is 0 Å². The highest BCUT2D eigenvalue weighted by Crippen LogP contribution is 2.29. The number of benzene rings is 1. The maximum Gasteiger partial charge on any atom is 0.303 e. The molecule has 1 aromatic carbocycles. The largest absolute Gasteiger partial charge is 0.311 e. The second-order valence-corrected chi connectivity index (χ2v) is 6.98. The number of Topliss-reactive ketones (excluding diaryl/α,β-unsaturated/α-hetero) is 1. The van der Waals surface area contributed by atoms with Crippen LogP contribution in [-0.2, 0) is 4.79 Å². The highest BCUT2D eigenvalue weighted by Gasteiger charge is 2.40. The fourth-order valence-corrected chi connectivity index (χ4v) is 4.49. The Morgan fingerprint density at radius 3 is 2.96 bits per heavy atom. The Bertz CT molecular complexity index is 775. The molecular weight excluding hydrogens is 315 g/mol. The van der Waals surface area contributed by atoms with Gasteiger partial charge in [-0.2, -0.15) is 0 Å². The smallest absolute Gasteiger partial charge is 0.303 e. The van der Waals surface area contributed by atoms with Gasteiger partial charge in [-0.25, -0.2) is 4.39 Å². The Labute approximate surface area is 137 Å². The van der Waals surface area contributed by atoms with Crippen molar-refractivity contribution in [2.45, 2.75) is 18.9 Å². The van der Waals surface area contributed by atoms with Gasteiger partial charge in [0.1, 0.15) is 11.9 Å². The molecule has 6 heteroatoms. The highest BCUT2D eigenvalue weighted by molar-refractivity contribution is 7.10. The van der Waals surface area contributed by atoms with E-state index >= 15 is 0 Å². The second kappa shape index (κ2) is 5.54. The molecule has 1 aromatic heterocycles. The van der Waals surface area contributed by atoms with Crippen molar-refractivity contribution in [2.75, 3.05) is 18.1 Å². The topological polar surface area (TPSA) is 41.8 Å². The molecule has 1 unspecified atom stereocenters. The van der Waals surface area contributed by atoms with Crippen molar-refractivity contribution in [1.29, 1.82) is 0 Å². The molecule has 0 spiro atoms. The SMILES string of the molecule is O=C1C(=O)N(C[NH+]2CCC[C@@H]2c2cccs2)c2ccc(F)cc21. The van der Waals surface area contributed by atoms with Gasteiger partial charge in [-0.1, -0.05) is 6.07 Å². The molecule has 0 saturated carbocycles. The van der Waals surface area contributed by atoms with Gasteiger partial charge in [-0.05, 0) is 29.6 Å². The molecule has 3 heterocycles. The maximum absolute atomic E-state index is 13.4. The third-order valence-electron chi connectivity index (χ3n) is 4.66. The Morgan fingerprint density at radius 2 is 2.17 bits per heavy atom. The molecule has 1 N–H and O–H groups in total. The number of nitrogens with zero attached hydrogens (tertiary/aromatic N) is 1. The summed E-state index contributed by atoms with van der Waals surface area (Å²) >= 11 is 1.73. The Hall–Kier alpha value is -2.05. The molecule has 4 rings (SSSR count). The summed E-state index contributed by atoms with van der Waals surface area (Å²) in [6.45, 7) is 1.42. The average Bonchev–Trinajstić information content (AvgIpc) is 3.25. The quantitative estimate of drug-likeness (QED) is 0.872. The third kappa shape index (κ3) is 2.38. The summed E-state index contributed by atoms with van der Waals surface area (Å²) in [6.07, 6.45) is 2.19. The summed E-state index contributed by atoms with van der Waals surface area (Å²) < 4.78 is 13.4. The van der Waals surface area contributed by atoms with E-state index in [4.69, 9.17) is 0 Å². The van der Waals surface area contributed by atoms with Crippen molar-refractivity contribution >= 4 is 28.7 Å². The second-order valence-electron chi connectivity index (χ2n) is 6.00. The van der Waals surface area contributed by atoms with Crippen molar-refractivity contribution in [3.05, 3.63) is 52.0 Å². The molecule has 2 aliphatic heterocycles. The zero-order chi connectivity index (χ0) is 16.0. The van der Waals surface area contributed by atoms with E-state index in [2.05, 4.69) is 11.4 Å². The fraction of sp³-hybridized carbons (Fsp3) is 0.294. The Kier molecular flexibility index (Phi) is 3.50. The van der Waals surface area contributed by atoms with E-state index in [1.54, 1.807) is 11.3 Å². The minimum Gasteiger partial charge on any atom is -0.311 e. The summed E-state index contributed by atoms with van der Waals surface area (Å²) in [6, 6.07) is 8.52. The number of quaternary nitrogens is 1. The summed E-state index contributed by atoms with van der Waals surface area (Å²) in [4.78, 5) is 28.5. The van der Waals surface area contributed by atoms with Gasteiger partial charge in [0, 0.05) is 12.8 Å². The van der Waals surface area contributed by atoms with E-state index in [1.165, 1.54) is 26.8 Å². The fourth-order valence-electron chi connectivity index (χ4n) is 3.57. The van der Waals surface area contributed by atoms with E-state index in [0.29, 0.717) is 18.4 Å². The molecule has 1 amide bonds. The first-order chi connectivity index (χ1) is 11.1. The van der Waals surface area contributed by atoms with Crippen molar-refractivity contribution in [3.8, 4) is 0 Å². The maximum atomic E-state index is 13.4. The number of rotatable bonds is 3. The van der Waals surface area contributed by atoms with E-state index in [-0.39, 0.29) is 5.56 Å². The van der Waals surface area contributed by atoms with Gasteiger partial charge in [-0.3, -0.25) is 14.5 Å². The van der Waals surface area contributed by atoms with Crippen LogP contribution in [0.4, 0.5) is 10.1 Å². The molecule has 2 aromatic rings. The van der Waals surface area contributed by atoms with Crippen LogP contribution < -0.4 is 9.80 Å². The van der Waals surface area contributed by atoms with Crippen LogP contribution in [0, 0.1) is 5.82 Å². The molecule has 0 aliphatic carbocycles. The van der Waals surface area contributed by atoms with Gasteiger partial charge in [-0.15, -0.1) is 11.3 Å². The van der Waals surface area contributed by atoms with Crippen LogP contribution in [0.5, 0.6) is 0 Å². The van der Waals surface area contributed by atoms with E-state index < -0.39 is 17.5 Å². The molecule has 23 heavy (non-hydrogen) atoms. The first kappa shape index (κ1) is 14.5. The molecular formula is C17H16FN2O2S+. The number of hydrogen-bond donors (Lipinski definition) is 1. The van der Waals surface area contributed by atoms with Gasteiger partial charge in [0.25, 0.3) is 5.78 Å². The van der Waals surface area contributed by atoms with E-state index in [1.807, 2.05) is 6.07 Å². The van der Waals surface area contributed by atoms with Crippen LogP contribution in [0.15, 0.2) is 35.7 Å². The summed E-state index contributed by atoms with van der Waals surface area (Å²) in [5.74, 6) is -1.64. The predicted octanol–water partition coefficient (Wildman–Crippen LogP) is 1.79.